The first-order valence-electron chi connectivity index (χ1n) is 14.3. The molecule has 38 heavy (non-hydrogen) atoms. The van der Waals surface area contributed by atoms with Crippen LogP contribution in [0, 0.1) is 22.1 Å². The van der Waals surface area contributed by atoms with Crippen molar-refractivity contribution in [3.63, 3.8) is 0 Å². The van der Waals surface area contributed by atoms with Crippen LogP contribution in [-0.2, 0) is 0 Å². The Labute approximate surface area is 240 Å². The molecule has 5 rings (SSSR count). The Morgan fingerprint density at radius 3 is 1.53 bits per heavy atom. The second-order valence-corrected chi connectivity index (χ2v) is 27.8. The van der Waals surface area contributed by atoms with Gasteiger partial charge in [-0.1, -0.05) is 0 Å². The second kappa shape index (κ2) is 11.2. The minimum absolute atomic E-state index is 1.21. The van der Waals surface area contributed by atoms with Crippen LogP contribution in [0.5, 0.6) is 0 Å². The summed E-state index contributed by atoms with van der Waals surface area (Å²) >= 11 is 1.47. The zero-order chi connectivity index (χ0) is 26.9. The van der Waals surface area contributed by atoms with Gasteiger partial charge >= 0.3 is 242 Å². The molecule has 0 aliphatic rings. The molecule has 0 saturated carbocycles. The standard InChI is InChI=1S/C34H38GeS2Si/c1-7-35(8-2,9-3)17-13-27-29-21-25-14-18-37-34(25)24-32(29)28(16-20-38(10-4,11-5)12-6)30-22-26-15-19-36-33(26)23-31(27)30/h14-15,18-19,21-24H,7-12H2,1-6H3. The van der Waals surface area contributed by atoms with Crippen LogP contribution in [0.15, 0.2) is 47.2 Å². The van der Waals surface area contributed by atoms with Crippen molar-refractivity contribution >= 4 is 85.7 Å². The SMILES string of the molecule is CC[Si](C#Cc1c2cc3ccsc3cc2c(C#[C][Ge]([CH2]C)([CH2]C)[CH2]C)c2cc3ccsc3cc12)(CC)CC. The van der Waals surface area contributed by atoms with Crippen LogP contribution in [-0.4, -0.2) is 21.3 Å². The molecule has 0 radical (unpaired) electrons. The number of benzene rings is 3. The molecule has 0 fully saturated rings. The Morgan fingerprint density at radius 1 is 0.632 bits per heavy atom. The van der Waals surface area contributed by atoms with Gasteiger partial charge in [0.1, 0.15) is 0 Å². The van der Waals surface area contributed by atoms with Gasteiger partial charge in [-0.25, -0.2) is 0 Å². The molecule has 2 aromatic heterocycles. The summed E-state index contributed by atoms with van der Waals surface area (Å²) in [6, 6.07) is 17.8. The van der Waals surface area contributed by atoms with E-state index in [2.05, 4.69) is 111 Å². The number of thiophene rings is 2. The first-order valence-corrected chi connectivity index (χ1v) is 24.2. The van der Waals surface area contributed by atoms with Crippen LogP contribution in [0.4, 0.5) is 0 Å². The van der Waals surface area contributed by atoms with Crippen LogP contribution in [0.25, 0.3) is 41.7 Å². The second-order valence-electron chi connectivity index (χ2n) is 10.6. The van der Waals surface area contributed by atoms with Gasteiger partial charge in [-0.15, -0.1) is 0 Å². The van der Waals surface area contributed by atoms with Crippen LogP contribution in [0.1, 0.15) is 52.7 Å². The van der Waals surface area contributed by atoms with E-state index < -0.39 is 21.3 Å². The maximum atomic E-state index is 3.98. The molecule has 0 nitrogen and oxygen atoms in total. The first-order chi connectivity index (χ1) is 18.5. The van der Waals surface area contributed by atoms with Crippen molar-refractivity contribution in [1.82, 2.24) is 0 Å². The summed E-state index contributed by atoms with van der Waals surface area (Å²) in [5.74, 6) is 7.73. The molecular formula is C34H38GeS2Si. The van der Waals surface area contributed by atoms with Crippen LogP contribution < -0.4 is 0 Å². The predicted octanol–water partition coefficient (Wildman–Crippen LogP) is 11.2. The maximum absolute atomic E-state index is 3.98. The van der Waals surface area contributed by atoms with Gasteiger partial charge in [0.2, 0.25) is 0 Å². The Kier molecular flexibility index (Phi) is 8.14. The van der Waals surface area contributed by atoms with Crippen molar-refractivity contribution in [2.75, 3.05) is 0 Å². The normalized spacial score (nSPS) is 12.2. The third-order valence-corrected chi connectivity index (χ3v) is 25.6. The van der Waals surface area contributed by atoms with E-state index in [1.807, 2.05) is 22.7 Å². The molecule has 0 spiro atoms. The van der Waals surface area contributed by atoms with E-state index in [1.165, 1.54) is 86.7 Å². The molecule has 3 aromatic carbocycles. The molecule has 0 bridgehead atoms. The monoisotopic (exact) mass is 612 g/mol. The summed E-state index contributed by atoms with van der Waals surface area (Å²) in [4.78, 5) is 0. The zero-order valence-electron chi connectivity index (χ0n) is 23.7. The van der Waals surface area contributed by atoms with Gasteiger partial charge in [0, 0.05) is 0 Å². The fourth-order valence-corrected chi connectivity index (χ4v) is 14.9. The molecule has 0 amide bonds. The topological polar surface area (TPSA) is 0 Å². The molecule has 4 heteroatoms. The Bertz CT molecular complexity index is 1520. The number of hydrogen-bond acceptors (Lipinski definition) is 2. The number of rotatable bonds is 6. The van der Waals surface area contributed by atoms with E-state index in [1.54, 1.807) is 0 Å². The Balaban J connectivity index is 1.96. The van der Waals surface area contributed by atoms with E-state index in [-0.39, 0.29) is 0 Å². The average molecular weight is 612 g/mol. The first kappa shape index (κ1) is 27.5. The van der Waals surface area contributed by atoms with Crippen LogP contribution in [0.3, 0.4) is 0 Å². The molecule has 0 unspecified atom stereocenters. The van der Waals surface area contributed by atoms with E-state index in [0.717, 1.165) is 0 Å². The minimum atomic E-state index is -2.19. The molecule has 194 valence electrons. The molecule has 0 N–H and O–H groups in total. The van der Waals surface area contributed by atoms with Crippen molar-refractivity contribution in [3.8, 4) is 22.1 Å². The molecule has 2 heterocycles. The molecule has 0 saturated heterocycles. The third-order valence-electron chi connectivity index (χ3n) is 9.23. The summed E-state index contributed by atoms with van der Waals surface area (Å²) in [6.07, 6.45) is 0. The van der Waals surface area contributed by atoms with Crippen molar-refractivity contribution < 1.29 is 0 Å². The summed E-state index contributed by atoms with van der Waals surface area (Å²) < 4.78 is 6.66. The van der Waals surface area contributed by atoms with Gasteiger partial charge < -0.3 is 0 Å². The summed E-state index contributed by atoms with van der Waals surface area (Å²) in [5.41, 5.74) is 6.37. The molecule has 0 atom stereocenters. The van der Waals surface area contributed by atoms with Gasteiger partial charge in [0.15, 0.2) is 0 Å². The molecular weight excluding hydrogens is 573 g/mol. The van der Waals surface area contributed by atoms with Gasteiger partial charge in [0.25, 0.3) is 0 Å². The van der Waals surface area contributed by atoms with Gasteiger partial charge in [-0.05, 0) is 0 Å². The fourth-order valence-electron chi connectivity index (χ4n) is 5.83. The van der Waals surface area contributed by atoms with E-state index >= 15 is 0 Å². The van der Waals surface area contributed by atoms with Crippen molar-refractivity contribution in [3.05, 3.63) is 58.3 Å². The van der Waals surface area contributed by atoms with Gasteiger partial charge in [-0.3, -0.25) is 0 Å². The summed E-state index contributed by atoms with van der Waals surface area (Å²) in [7, 11) is -1.60. The van der Waals surface area contributed by atoms with E-state index in [9.17, 15) is 0 Å². The fraction of sp³-hybridized carbons (Fsp3) is 0.353. The van der Waals surface area contributed by atoms with Crippen molar-refractivity contribution in [2.45, 2.75) is 75.4 Å². The predicted molar refractivity (Wildman–Crippen MR) is 180 cm³/mol. The van der Waals surface area contributed by atoms with E-state index in [0.29, 0.717) is 0 Å². The molecule has 0 aliphatic carbocycles. The summed E-state index contributed by atoms with van der Waals surface area (Å²) in [6.45, 7) is 14.1. The number of fused-ring (bicyclic) bond motifs is 4. The van der Waals surface area contributed by atoms with E-state index in [4.69, 9.17) is 0 Å². The van der Waals surface area contributed by atoms with Gasteiger partial charge in [0.05, 0.1) is 0 Å². The Morgan fingerprint density at radius 2 is 1.08 bits per heavy atom. The third kappa shape index (κ3) is 4.77. The zero-order valence-corrected chi connectivity index (χ0v) is 28.4. The van der Waals surface area contributed by atoms with Crippen molar-refractivity contribution in [2.24, 2.45) is 0 Å². The molecule has 0 aliphatic heterocycles. The summed E-state index contributed by atoms with van der Waals surface area (Å²) in [5, 5.41) is 16.0. The van der Waals surface area contributed by atoms with Crippen molar-refractivity contribution in [1.29, 1.82) is 0 Å². The van der Waals surface area contributed by atoms with Gasteiger partial charge in [-0.2, -0.15) is 0 Å². The Hall–Kier alpha value is -2.02. The van der Waals surface area contributed by atoms with Crippen LogP contribution >= 0.6 is 22.7 Å². The van der Waals surface area contributed by atoms with Crippen LogP contribution in [0.2, 0.25) is 33.9 Å². The molecule has 5 aromatic rings. The average Bonchev–Trinajstić information content (AvgIpc) is 3.62. The number of hydrogen-bond donors (Lipinski definition) is 0. The quantitative estimate of drug-likeness (QED) is 0.102.